The summed E-state index contributed by atoms with van der Waals surface area (Å²) >= 11 is 0. The second-order valence-electron chi connectivity index (χ2n) is 38.0. The fourth-order valence-corrected chi connectivity index (χ4v) is 22.2. The third-order valence-corrected chi connectivity index (χ3v) is 28.6. The summed E-state index contributed by atoms with van der Waals surface area (Å²) in [5.41, 5.74) is 9.32. The molecule has 2 heteroatoms. The maximum Gasteiger partial charge on any atom is 0.303 e. The van der Waals surface area contributed by atoms with E-state index in [0.29, 0.717) is 6.42 Å². The van der Waals surface area contributed by atoms with Crippen LogP contribution in [-0.4, -0.2) is 11.1 Å². The standard InChI is InChI=1S/C113H158O2/c1-6-11-16-21-26-31-36-43-50-57-64-83-71-89-91-73-84(65-58-51-44-37-32-27-22-17-12-7-2)75-93-95-77-86(67-60-53-46-39-34-29-24-19-14-9-4)79-97-99-81-88(69-62-55-48-41-42-49-56-63-70-101(114)115)82-100-98-80-87(68-61-54-47-40-35-30-25-20-15-10-5)78-96-94-76-85(66-59-52-45-38-33-28-23-18-13-8-3)74-92-90(72-83)102(89)108-109(103(91)93)111(105(95)97)113(107(99)100)112(106(96)98)110(108)104(92)94/h71-82H,6-70H2,1-5H3,(H,114,115). The molecule has 0 heterocycles. The average molecular weight is 1550 g/mol. The Morgan fingerprint density at radius 1 is 0.165 bits per heavy atom. The van der Waals surface area contributed by atoms with Crippen molar-refractivity contribution < 1.29 is 9.90 Å². The number of rotatable bonds is 66. The van der Waals surface area contributed by atoms with Crippen LogP contribution in [0.1, 0.15) is 447 Å². The number of carbonyl (C=O) groups is 1. The summed E-state index contributed by atoms with van der Waals surface area (Å²) in [7, 11) is 0. The molecule has 0 radical (unpaired) electrons. The number of benzene rings is 13. The van der Waals surface area contributed by atoms with Gasteiger partial charge in [0.25, 0.3) is 0 Å². The van der Waals surface area contributed by atoms with Gasteiger partial charge in [0.2, 0.25) is 0 Å². The maximum atomic E-state index is 11.3. The molecule has 0 saturated carbocycles. The molecule has 0 aliphatic rings. The predicted octanol–water partition coefficient (Wildman–Crippen LogP) is 37.6. The first-order valence-electron chi connectivity index (χ1n) is 50.4. The van der Waals surface area contributed by atoms with Crippen molar-refractivity contribution in [1.29, 1.82) is 0 Å². The average Bonchev–Trinajstić information content (AvgIpc) is 0.642. The zero-order chi connectivity index (χ0) is 79.3. The second kappa shape index (κ2) is 46.0. The van der Waals surface area contributed by atoms with E-state index in [0.717, 1.165) is 57.8 Å². The SMILES string of the molecule is CCCCCCCCCCCCc1cc2c3cc(CCCCCCCCCCCC)cc4c5cc(CCCCCCCCCCCC)cc6c7cc(CCCCCCCCCCC(=O)O)cc8c9cc(CCCCCCCCCCCC)cc%10c%11cc(CCCCCCCCCCCC)cc%12c(c1)c2c1c(c34)c(c56)c(c78)c(c%109)c1c%12%11. The highest BCUT2D eigenvalue weighted by Crippen LogP contribution is 2.61. The minimum atomic E-state index is -0.657. The van der Waals surface area contributed by atoms with Gasteiger partial charge >= 0.3 is 5.97 Å². The lowest BCUT2D eigenvalue weighted by Gasteiger charge is -2.30. The molecule has 2 nitrogen and oxygen atoms in total. The molecule has 0 saturated heterocycles. The molecule has 0 fully saturated rings. The topological polar surface area (TPSA) is 37.3 Å². The molecule has 0 spiro atoms. The van der Waals surface area contributed by atoms with Gasteiger partial charge in [0.15, 0.2) is 0 Å². The van der Waals surface area contributed by atoms with Gasteiger partial charge in [0, 0.05) is 6.42 Å². The number of aryl methyl sites for hydroxylation is 6. The van der Waals surface area contributed by atoms with Crippen molar-refractivity contribution in [2.45, 2.75) is 452 Å². The van der Waals surface area contributed by atoms with Gasteiger partial charge in [-0.1, -0.05) is 435 Å². The molecule has 13 aromatic rings. The number of unbranched alkanes of at least 4 members (excludes halogenated alkanes) is 52. The van der Waals surface area contributed by atoms with Crippen LogP contribution in [0.15, 0.2) is 72.8 Å². The number of carboxylic acids is 1. The molecule has 0 aromatic heterocycles. The first kappa shape index (κ1) is 86.8. The number of carboxylic acid groups (broad SMARTS) is 1. The normalized spacial score (nSPS) is 12.6. The molecule has 0 atom stereocenters. The van der Waals surface area contributed by atoms with E-state index in [4.69, 9.17) is 0 Å². The van der Waals surface area contributed by atoms with Crippen molar-refractivity contribution >= 4 is 135 Å². The summed E-state index contributed by atoms with van der Waals surface area (Å²) in [5.74, 6) is -0.657. The maximum absolute atomic E-state index is 11.3. The first-order chi connectivity index (χ1) is 56.8. The minimum absolute atomic E-state index is 0.302. The van der Waals surface area contributed by atoms with Gasteiger partial charge in [-0.3, -0.25) is 4.79 Å². The van der Waals surface area contributed by atoms with Gasteiger partial charge in [0.1, 0.15) is 0 Å². The lowest BCUT2D eigenvalue weighted by Crippen LogP contribution is -2.03. The van der Waals surface area contributed by atoms with Crippen LogP contribution in [0.4, 0.5) is 0 Å². The van der Waals surface area contributed by atoms with Crippen molar-refractivity contribution in [2.24, 2.45) is 0 Å². The molecule has 622 valence electrons. The Balaban J connectivity index is 1.01. The van der Waals surface area contributed by atoms with Gasteiger partial charge < -0.3 is 5.11 Å². The summed E-state index contributed by atoms with van der Waals surface area (Å²) in [6, 6.07) is 33.5. The van der Waals surface area contributed by atoms with Crippen LogP contribution in [0.2, 0.25) is 0 Å². The summed E-state index contributed by atoms with van der Waals surface area (Å²) in [6.45, 7) is 11.7. The molecular formula is C113H158O2. The fraction of sp³-hybridized carbons (Fsp3) is 0.619. The molecule has 115 heavy (non-hydrogen) atoms. The largest absolute Gasteiger partial charge is 0.481 e. The van der Waals surface area contributed by atoms with E-state index >= 15 is 0 Å². The molecule has 0 aliphatic carbocycles. The Labute approximate surface area is 698 Å². The van der Waals surface area contributed by atoms with Gasteiger partial charge in [-0.15, -0.1) is 0 Å². The Morgan fingerprint density at radius 3 is 0.400 bits per heavy atom. The Morgan fingerprint density at radius 2 is 0.278 bits per heavy atom. The van der Waals surface area contributed by atoms with Gasteiger partial charge in [-0.05, 0) is 246 Å². The lowest BCUT2D eigenvalue weighted by atomic mass is 9.72. The quantitative estimate of drug-likeness (QED) is 0.0234. The van der Waals surface area contributed by atoms with Crippen molar-refractivity contribution in [2.75, 3.05) is 0 Å². The summed E-state index contributed by atoms with van der Waals surface area (Å²) in [4.78, 5) is 11.3. The van der Waals surface area contributed by atoms with E-state index in [2.05, 4.69) is 107 Å². The third kappa shape index (κ3) is 22.0. The Kier molecular flexibility index (Phi) is 34.7. The van der Waals surface area contributed by atoms with E-state index in [1.807, 2.05) is 0 Å². The van der Waals surface area contributed by atoms with Crippen LogP contribution in [0, 0.1) is 0 Å². The van der Waals surface area contributed by atoms with Gasteiger partial charge in [-0.25, -0.2) is 0 Å². The minimum Gasteiger partial charge on any atom is -0.481 e. The highest BCUT2D eigenvalue weighted by molar-refractivity contribution is 6.61. The number of hydrogen-bond acceptors (Lipinski definition) is 1. The number of aliphatic carboxylic acids is 1. The first-order valence-corrected chi connectivity index (χ1v) is 50.4. The molecule has 0 amide bonds. The predicted molar refractivity (Wildman–Crippen MR) is 514 cm³/mol. The van der Waals surface area contributed by atoms with E-state index < -0.39 is 5.97 Å². The summed E-state index contributed by atoms with van der Waals surface area (Å²) in [6.07, 6.45) is 84.4. The van der Waals surface area contributed by atoms with Gasteiger partial charge in [0.05, 0.1) is 0 Å². The van der Waals surface area contributed by atoms with E-state index in [9.17, 15) is 9.90 Å². The van der Waals surface area contributed by atoms with Crippen LogP contribution in [0.5, 0.6) is 0 Å². The Hall–Kier alpha value is -5.99. The highest BCUT2D eigenvalue weighted by Gasteiger charge is 2.33. The van der Waals surface area contributed by atoms with Crippen LogP contribution >= 0.6 is 0 Å². The molecule has 0 bridgehead atoms. The molecule has 13 aromatic carbocycles. The van der Waals surface area contributed by atoms with E-state index in [1.54, 1.807) is 103 Å². The second-order valence-corrected chi connectivity index (χ2v) is 38.0. The zero-order valence-electron chi connectivity index (χ0n) is 74.2. The van der Waals surface area contributed by atoms with Crippen LogP contribution in [0.3, 0.4) is 0 Å². The summed E-state index contributed by atoms with van der Waals surface area (Å²) in [5, 5.41) is 46.5. The molecular weight excluding hydrogens is 1390 g/mol. The third-order valence-electron chi connectivity index (χ3n) is 28.6. The van der Waals surface area contributed by atoms with E-state index in [1.165, 1.54) is 413 Å². The summed E-state index contributed by atoms with van der Waals surface area (Å²) < 4.78 is 0. The van der Waals surface area contributed by atoms with Crippen molar-refractivity contribution in [1.82, 2.24) is 0 Å². The zero-order valence-corrected chi connectivity index (χ0v) is 74.2. The van der Waals surface area contributed by atoms with Crippen LogP contribution in [-0.2, 0) is 43.3 Å². The van der Waals surface area contributed by atoms with Crippen molar-refractivity contribution in [3.8, 4) is 0 Å². The van der Waals surface area contributed by atoms with Gasteiger partial charge in [-0.2, -0.15) is 0 Å². The van der Waals surface area contributed by atoms with E-state index in [-0.39, 0.29) is 0 Å². The molecule has 13 rings (SSSR count). The van der Waals surface area contributed by atoms with Crippen molar-refractivity contribution in [3.05, 3.63) is 106 Å². The van der Waals surface area contributed by atoms with Crippen LogP contribution in [0.25, 0.3) is 129 Å². The lowest BCUT2D eigenvalue weighted by molar-refractivity contribution is -0.137. The monoisotopic (exact) mass is 1550 g/mol. The molecule has 1 N–H and O–H groups in total. The smallest absolute Gasteiger partial charge is 0.303 e. The number of fused-ring (bicyclic) bond motifs is 6. The Bertz CT molecular complexity index is 4280. The highest BCUT2D eigenvalue weighted by atomic mass is 16.4. The molecule has 0 aliphatic heterocycles. The fourth-order valence-electron chi connectivity index (χ4n) is 22.2. The number of hydrogen-bond donors (Lipinski definition) is 1. The van der Waals surface area contributed by atoms with Crippen LogP contribution < -0.4 is 0 Å². The van der Waals surface area contributed by atoms with Crippen molar-refractivity contribution in [3.63, 3.8) is 0 Å². The molecule has 0 unspecified atom stereocenters.